The maximum atomic E-state index is 10.4. The smallest absolute Gasteiger partial charge is 0.191 e. The number of halogens is 1. The fourth-order valence-corrected chi connectivity index (χ4v) is 3.28. The number of aliphatic imine (C=N–C) groups is 1. The van der Waals surface area contributed by atoms with Gasteiger partial charge in [-0.1, -0.05) is 34.6 Å². The second-order valence-corrected chi connectivity index (χ2v) is 8.07. The Labute approximate surface area is 171 Å². The van der Waals surface area contributed by atoms with E-state index in [1.807, 2.05) is 13.8 Å². The standard InChI is InChI=1S/C19H39N3O2.HI/c1-7-19(23,8-2)14-22-17(20-9-3)21-13-15-11-10-12-24-16(15)18(4,5)6;/h15-16,23H,7-14H2,1-6H3,(H2,20,21,22);1H. The van der Waals surface area contributed by atoms with Crippen LogP contribution in [0.5, 0.6) is 0 Å². The molecule has 0 radical (unpaired) electrons. The molecule has 3 N–H and O–H groups in total. The third-order valence-electron chi connectivity index (χ3n) is 5.02. The monoisotopic (exact) mass is 469 g/mol. The number of nitrogens with zero attached hydrogens (tertiary/aromatic N) is 1. The van der Waals surface area contributed by atoms with Gasteiger partial charge < -0.3 is 20.5 Å². The molecule has 0 aromatic carbocycles. The van der Waals surface area contributed by atoms with E-state index in [0.717, 1.165) is 44.9 Å². The first kappa shape index (κ1) is 24.9. The minimum Gasteiger partial charge on any atom is -0.388 e. The van der Waals surface area contributed by atoms with Crippen LogP contribution in [0.1, 0.15) is 67.2 Å². The van der Waals surface area contributed by atoms with Gasteiger partial charge >= 0.3 is 0 Å². The highest BCUT2D eigenvalue weighted by atomic mass is 127. The van der Waals surface area contributed by atoms with E-state index in [-0.39, 0.29) is 35.5 Å². The first-order valence-corrected chi connectivity index (χ1v) is 9.62. The summed E-state index contributed by atoms with van der Waals surface area (Å²) in [7, 11) is 0. The molecule has 1 aliphatic rings. The Hall–Kier alpha value is -0.0800. The maximum Gasteiger partial charge on any atom is 0.191 e. The molecule has 0 bridgehead atoms. The average molecular weight is 469 g/mol. The van der Waals surface area contributed by atoms with Crippen LogP contribution in [0.15, 0.2) is 4.99 Å². The van der Waals surface area contributed by atoms with Gasteiger partial charge in [-0.05, 0) is 38.0 Å². The maximum absolute atomic E-state index is 10.4. The molecule has 1 fully saturated rings. The molecule has 2 unspecified atom stereocenters. The zero-order valence-corrected chi connectivity index (χ0v) is 19.4. The van der Waals surface area contributed by atoms with Gasteiger partial charge in [0.25, 0.3) is 0 Å². The van der Waals surface area contributed by atoms with E-state index in [4.69, 9.17) is 4.74 Å². The molecule has 1 saturated heterocycles. The van der Waals surface area contributed by atoms with Crippen LogP contribution in [-0.2, 0) is 4.74 Å². The van der Waals surface area contributed by atoms with E-state index in [0.29, 0.717) is 12.5 Å². The Bertz CT molecular complexity index is 393. The summed E-state index contributed by atoms with van der Waals surface area (Å²) in [5.41, 5.74) is -0.558. The summed E-state index contributed by atoms with van der Waals surface area (Å²) >= 11 is 0. The summed E-state index contributed by atoms with van der Waals surface area (Å²) in [4.78, 5) is 4.60. The lowest BCUT2D eigenvalue weighted by atomic mass is 9.78. The van der Waals surface area contributed by atoms with Gasteiger partial charge in [0.2, 0.25) is 0 Å². The third kappa shape index (κ3) is 8.43. The Kier molecular flexibility index (Phi) is 11.6. The molecule has 1 heterocycles. The topological polar surface area (TPSA) is 65.9 Å². The summed E-state index contributed by atoms with van der Waals surface area (Å²) in [5.74, 6) is 1.27. The van der Waals surface area contributed by atoms with E-state index in [9.17, 15) is 5.11 Å². The zero-order chi connectivity index (χ0) is 18.2. The number of guanidine groups is 1. The number of hydrogen-bond acceptors (Lipinski definition) is 3. The average Bonchev–Trinajstić information content (AvgIpc) is 2.56. The van der Waals surface area contributed by atoms with Crippen molar-refractivity contribution in [2.24, 2.45) is 16.3 Å². The van der Waals surface area contributed by atoms with Crippen LogP contribution in [-0.4, -0.2) is 49.0 Å². The normalized spacial score (nSPS) is 22.3. The molecule has 0 amide bonds. The molecule has 5 nitrogen and oxygen atoms in total. The first-order chi connectivity index (χ1) is 11.3. The SMILES string of the molecule is CCNC(=NCC(O)(CC)CC)NCC1CCCOC1C(C)(C)C.I. The van der Waals surface area contributed by atoms with Crippen molar-refractivity contribution in [1.82, 2.24) is 10.6 Å². The Morgan fingerprint density at radius 2 is 1.80 bits per heavy atom. The van der Waals surface area contributed by atoms with Crippen molar-refractivity contribution in [2.75, 3.05) is 26.2 Å². The molecule has 0 aliphatic carbocycles. The molecule has 0 saturated carbocycles. The van der Waals surface area contributed by atoms with Crippen molar-refractivity contribution in [3.05, 3.63) is 0 Å². The minimum absolute atomic E-state index is 0. The van der Waals surface area contributed by atoms with Crippen LogP contribution in [0.25, 0.3) is 0 Å². The number of hydrogen-bond donors (Lipinski definition) is 3. The summed E-state index contributed by atoms with van der Waals surface area (Å²) in [6.45, 7) is 15.8. The summed E-state index contributed by atoms with van der Waals surface area (Å²) in [6.07, 6.45) is 4.01. The Morgan fingerprint density at radius 1 is 1.16 bits per heavy atom. The molecule has 1 rings (SSSR count). The molecular weight excluding hydrogens is 429 g/mol. The fraction of sp³-hybridized carbons (Fsp3) is 0.947. The molecule has 150 valence electrons. The van der Waals surface area contributed by atoms with E-state index in [2.05, 4.69) is 43.3 Å². The molecule has 0 spiro atoms. The highest BCUT2D eigenvalue weighted by Crippen LogP contribution is 2.33. The lowest BCUT2D eigenvalue weighted by Gasteiger charge is -2.40. The van der Waals surface area contributed by atoms with E-state index >= 15 is 0 Å². The van der Waals surface area contributed by atoms with E-state index < -0.39 is 5.60 Å². The van der Waals surface area contributed by atoms with Gasteiger partial charge in [-0.2, -0.15) is 0 Å². The van der Waals surface area contributed by atoms with Crippen LogP contribution in [0.4, 0.5) is 0 Å². The lowest BCUT2D eigenvalue weighted by molar-refractivity contribution is -0.0835. The molecular formula is C19H40IN3O2. The van der Waals surface area contributed by atoms with Gasteiger partial charge in [0.15, 0.2) is 5.96 Å². The van der Waals surface area contributed by atoms with Crippen LogP contribution in [0.2, 0.25) is 0 Å². The number of ether oxygens (including phenoxy) is 1. The predicted octanol–water partition coefficient (Wildman–Crippen LogP) is 3.55. The van der Waals surface area contributed by atoms with Gasteiger partial charge in [0, 0.05) is 25.6 Å². The molecule has 6 heteroatoms. The quantitative estimate of drug-likeness (QED) is 0.303. The molecule has 25 heavy (non-hydrogen) atoms. The Morgan fingerprint density at radius 3 is 2.32 bits per heavy atom. The predicted molar refractivity (Wildman–Crippen MR) is 117 cm³/mol. The van der Waals surface area contributed by atoms with Crippen molar-refractivity contribution in [1.29, 1.82) is 0 Å². The lowest BCUT2D eigenvalue weighted by Crippen LogP contribution is -2.48. The van der Waals surface area contributed by atoms with Crippen molar-refractivity contribution in [2.45, 2.75) is 78.9 Å². The second kappa shape index (κ2) is 11.6. The van der Waals surface area contributed by atoms with Crippen molar-refractivity contribution in [3.8, 4) is 0 Å². The van der Waals surface area contributed by atoms with Gasteiger partial charge in [0.05, 0.1) is 18.2 Å². The fourth-order valence-electron chi connectivity index (χ4n) is 3.28. The van der Waals surface area contributed by atoms with Gasteiger partial charge in [0.1, 0.15) is 0 Å². The van der Waals surface area contributed by atoms with Crippen LogP contribution >= 0.6 is 24.0 Å². The molecule has 0 aromatic rings. The largest absolute Gasteiger partial charge is 0.388 e. The zero-order valence-electron chi connectivity index (χ0n) is 17.0. The molecule has 2 atom stereocenters. The van der Waals surface area contributed by atoms with Crippen LogP contribution < -0.4 is 10.6 Å². The summed E-state index contributed by atoms with van der Waals surface area (Å²) in [5, 5.41) is 17.2. The van der Waals surface area contributed by atoms with Gasteiger partial charge in [-0.15, -0.1) is 24.0 Å². The molecule has 0 aromatic heterocycles. The molecule has 1 aliphatic heterocycles. The van der Waals surface area contributed by atoms with E-state index in [1.165, 1.54) is 6.42 Å². The minimum atomic E-state index is -0.704. The third-order valence-corrected chi connectivity index (χ3v) is 5.02. The first-order valence-electron chi connectivity index (χ1n) is 9.62. The number of aliphatic hydroxyl groups is 1. The van der Waals surface area contributed by atoms with Crippen LogP contribution in [0, 0.1) is 11.3 Å². The second-order valence-electron chi connectivity index (χ2n) is 8.07. The van der Waals surface area contributed by atoms with Crippen molar-refractivity contribution >= 4 is 29.9 Å². The van der Waals surface area contributed by atoms with E-state index in [1.54, 1.807) is 0 Å². The van der Waals surface area contributed by atoms with Gasteiger partial charge in [-0.3, -0.25) is 4.99 Å². The highest BCUT2D eigenvalue weighted by Gasteiger charge is 2.35. The van der Waals surface area contributed by atoms with Crippen molar-refractivity contribution in [3.63, 3.8) is 0 Å². The van der Waals surface area contributed by atoms with Gasteiger partial charge in [-0.25, -0.2) is 0 Å². The van der Waals surface area contributed by atoms with Crippen LogP contribution in [0.3, 0.4) is 0 Å². The number of nitrogens with one attached hydrogen (secondary N) is 2. The summed E-state index contributed by atoms with van der Waals surface area (Å²) in [6, 6.07) is 0. The highest BCUT2D eigenvalue weighted by molar-refractivity contribution is 14.0. The number of rotatable bonds is 7. The summed E-state index contributed by atoms with van der Waals surface area (Å²) < 4.78 is 6.06. The Balaban J connectivity index is 0.00000576. The van der Waals surface area contributed by atoms with Crippen molar-refractivity contribution < 1.29 is 9.84 Å².